The highest BCUT2D eigenvalue weighted by molar-refractivity contribution is 6.12. The smallest absolute Gasteiger partial charge is 0.309 e. The summed E-state index contributed by atoms with van der Waals surface area (Å²) in [5.74, 6) is 0.611. The highest BCUT2D eigenvalue weighted by atomic mass is 19.4. The largest absolute Gasteiger partial charge is 0.416 e. The first kappa shape index (κ1) is 41.8. The summed E-state index contributed by atoms with van der Waals surface area (Å²) in [5, 5.41) is 24.4. The number of halogens is 3. The zero-order valence-electron chi connectivity index (χ0n) is 37.0. The van der Waals surface area contributed by atoms with Crippen molar-refractivity contribution in [1.29, 1.82) is 10.5 Å². The van der Waals surface area contributed by atoms with Crippen LogP contribution in [0.1, 0.15) is 16.7 Å². The van der Waals surface area contributed by atoms with Crippen molar-refractivity contribution < 1.29 is 13.2 Å². The van der Waals surface area contributed by atoms with Crippen LogP contribution in [-0.2, 0) is 6.18 Å². The summed E-state index contributed by atoms with van der Waals surface area (Å²) in [4.78, 5) is 10.3. The lowest BCUT2D eigenvalue weighted by atomic mass is 9.95. The zero-order valence-corrected chi connectivity index (χ0v) is 37.0. The second-order valence-corrected chi connectivity index (χ2v) is 17.1. The maximum Gasteiger partial charge on any atom is 0.416 e. The number of para-hydroxylation sites is 3. The molecule has 0 N–H and O–H groups in total. The average Bonchev–Trinajstić information content (AvgIpc) is 3.93. The molecule has 0 aliphatic carbocycles. The fourth-order valence-electron chi connectivity index (χ4n) is 9.84. The third kappa shape index (κ3) is 7.04. The number of hydrogen-bond donors (Lipinski definition) is 0. The fraction of sp³-hybridized carbons (Fsp3) is 0.0164. The fourth-order valence-corrected chi connectivity index (χ4v) is 9.84. The molecule has 0 aliphatic heterocycles. The monoisotopic (exact) mass is 908 g/mol. The highest BCUT2D eigenvalue weighted by Gasteiger charge is 2.32. The van der Waals surface area contributed by atoms with Crippen LogP contribution >= 0.6 is 0 Å². The summed E-state index contributed by atoms with van der Waals surface area (Å²) in [7, 11) is 0. The Kier molecular flexibility index (Phi) is 9.94. The van der Waals surface area contributed by atoms with Crippen molar-refractivity contribution >= 4 is 43.6 Å². The normalized spacial score (nSPS) is 11.6. The van der Waals surface area contributed by atoms with Gasteiger partial charge in [0.15, 0.2) is 5.82 Å². The molecule has 70 heavy (non-hydrogen) atoms. The molecule has 0 radical (unpaired) electrons. The van der Waals surface area contributed by atoms with Crippen LogP contribution in [-0.4, -0.2) is 19.1 Å². The lowest BCUT2D eigenvalue weighted by molar-refractivity contribution is -0.137. The molecule has 0 saturated carbocycles. The van der Waals surface area contributed by atoms with Crippen molar-refractivity contribution in [3.8, 4) is 79.7 Å². The predicted molar refractivity (Wildman–Crippen MR) is 272 cm³/mol. The van der Waals surface area contributed by atoms with Gasteiger partial charge in [0.05, 0.1) is 73.7 Å². The van der Waals surface area contributed by atoms with Gasteiger partial charge >= 0.3 is 6.18 Å². The quantitative estimate of drug-likeness (QED) is 0.159. The lowest BCUT2D eigenvalue weighted by Crippen LogP contribution is -2.06. The molecule has 9 heteroatoms. The Labute approximate surface area is 399 Å². The van der Waals surface area contributed by atoms with Gasteiger partial charge in [0.25, 0.3) is 0 Å². The Balaban J connectivity index is 1.11. The summed E-state index contributed by atoms with van der Waals surface area (Å²) >= 11 is 0. The SMILES string of the molecule is N#Cc1ccc(-n2c3ccccc3c3cc(-c4cc(-c5cc(-c6ccccc6)nc(-c6ccccc6)n5)ccc4-n4c5ccccc5c5ccccc54)ccc32)c(-c2ccc(C(F)(F)F)cc2C#N)c1. The molecule has 3 aromatic heterocycles. The van der Waals surface area contributed by atoms with Crippen LogP contribution in [0.2, 0.25) is 0 Å². The second kappa shape index (κ2) is 16.6. The first-order valence-electron chi connectivity index (χ1n) is 22.6. The maximum atomic E-state index is 13.9. The molecule has 0 bridgehead atoms. The first-order valence-corrected chi connectivity index (χ1v) is 22.6. The Hall–Kier alpha value is -9.57. The molecule has 9 aromatic carbocycles. The molecule has 0 saturated heterocycles. The third-order valence-corrected chi connectivity index (χ3v) is 13.0. The molecule has 0 fully saturated rings. The number of aromatic nitrogens is 4. The molecule has 12 aromatic rings. The van der Waals surface area contributed by atoms with Crippen LogP contribution in [0.4, 0.5) is 13.2 Å². The van der Waals surface area contributed by atoms with Gasteiger partial charge in [-0.1, -0.05) is 133 Å². The van der Waals surface area contributed by atoms with E-state index in [0.717, 1.165) is 101 Å². The van der Waals surface area contributed by atoms with Crippen LogP contribution in [0.15, 0.2) is 212 Å². The van der Waals surface area contributed by atoms with Crippen molar-refractivity contribution in [3.63, 3.8) is 0 Å². The molecule has 3 heterocycles. The van der Waals surface area contributed by atoms with Gasteiger partial charge in [-0.05, 0) is 84.4 Å². The highest BCUT2D eigenvalue weighted by Crippen LogP contribution is 2.43. The summed E-state index contributed by atoms with van der Waals surface area (Å²) in [5.41, 5.74) is 11.5. The Morgan fingerprint density at radius 2 is 0.914 bits per heavy atom. The standard InChI is InChI=1S/C61H35F3N6/c62-61(63,64)44-26-27-45(43(32-44)37-66)50-31-38(36-65)23-28-58(50)70-56-22-12-9-19-48(56)51-33-41(24-29-59(51)70)49-34-42(25-30-57(49)69-54-20-10-7-17-46(54)47-18-8-11-21-55(47)69)53-35-52(39-13-3-1-4-14-39)67-60(68-53)40-15-5-2-6-16-40/h1-35H. The van der Waals surface area contributed by atoms with Gasteiger partial charge in [-0.25, -0.2) is 9.97 Å². The van der Waals surface area contributed by atoms with E-state index in [4.69, 9.17) is 9.97 Å². The molecule has 6 nitrogen and oxygen atoms in total. The van der Waals surface area contributed by atoms with E-state index in [-0.39, 0.29) is 11.1 Å². The van der Waals surface area contributed by atoms with Gasteiger partial charge in [0.1, 0.15) is 0 Å². The van der Waals surface area contributed by atoms with E-state index in [1.807, 2.05) is 78.9 Å². The van der Waals surface area contributed by atoms with Gasteiger partial charge in [-0.15, -0.1) is 0 Å². The Morgan fingerprint density at radius 1 is 0.386 bits per heavy atom. The number of nitrogens with zero attached hydrogens (tertiary/aromatic N) is 6. The minimum Gasteiger partial charge on any atom is -0.309 e. The number of benzene rings is 9. The van der Waals surface area contributed by atoms with Crippen molar-refractivity contribution in [2.24, 2.45) is 0 Å². The Morgan fingerprint density at radius 3 is 1.53 bits per heavy atom. The van der Waals surface area contributed by atoms with Crippen LogP contribution in [0.5, 0.6) is 0 Å². The molecule has 0 amide bonds. The van der Waals surface area contributed by atoms with E-state index in [9.17, 15) is 23.7 Å². The first-order chi connectivity index (χ1) is 34.2. The van der Waals surface area contributed by atoms with Gasteiger partial charge in [0, 0.05) is 54.9 Å². The van der Waals surface area contributed by atoms with E-state index in [1.165, 1.54) is 6.07 Å². The van der Waals surface area contributed by atoms with Crippen molar-refractivity contribution in [1.82, 2.24) is 19.1 Å². The number of nitriles is 2. The summed E-state index contributed by atoms with van der Waals surface area (Å²) < 4.78 is 46.1. The topological polar surface area (TPSA) is 83.2 Å². The molecule has 0 spiro atoms. The summed E-state index contributed by atoms with van der Waals surface area (Å²) in [6.45, 7) is 0. The van der Waals surface area contributed by atoms with E-state index in [2.05, 4.69) is 118 Å². The minimum absolute atomic E-state index is 0.151. The van der Waals surface area contributed by atoms with Crippen LogP contribution in [0, 0.1) is 22.7 Å². The molecule has 0 aliphatic rings. The van der Waals surface area contributed by atoms with E-state index >= 15 is 0 Å². The van der Waals surface area contributed by atoms with Gasteiger partial charge in [-0.3, -0.25) is 0 Å². The van der Waals surface area contributed by atoms with E-state index < -0.39 is 11.7 Å². The average molecular weight is 909 g/mol. The maximum absolute atomic E-state index is 13.9. The number of hydrogen-bond acceptors (Lipinski definition) is 4. The second-order valence-electron chi connectivity index (χ2n) is 17.1. The molecule has 0 atom stereocenters. The predicted octanol–water partition coefficient (Wildman–Crippen LogP) is 15.8. The van der Waals surface area contributed by atoms with E-state index in [0.29, 0.717) is 22.6 Å². The molecule has 12 rings (SSSR count). The Bertz CT molecular complexity index is 4030. The van der Waals surface area contributed by atoms with Crippen molar-refractivity contribution in [2.75, 3.05) is 0 Å². The molecule has 330 valence electrons. The summed E-state index contributed by atoms with van der Waals surface area (Å²) in [6, 6.07) is 72.3. The van der Waals surface area contributed by atoms with Crippen LogP contribution in [0.3, 0.4) is 0 Å². The third-order valence-electron chi connectivity index (χ3n) is 13.0. The van der Waals surface area contributed by atoms with Gasteiger partial charge < -0.3 is 9.13 Å². The van der Waals surface area contributed by atoms with Gasteiger partial charge in [-0.2, -0.15) is 23.7 Å². The lowest BCUT2D eigenvalue weighted by Gasteiger charge is -2.18. The minimum atomic E-state index is -4.64. The number of fused-ring (bicyclic) bond motifs is 6. The molecular weight excluding hydrogens is 874 g/mol. The van der Waals surface area contributed by atoms with Crippen LogP contribution in [0.25, 0.3) is 111 Å². The zero-order chi connectivity index (χ0) is 47.5. The summed E-state index contributed by atoms with van der Waals surface area (Å²) in [6.07, 6.45) is -4.64. The van der Waals surface area contributed by atoms with Crippen LogP contribution < -0.4 is 0 Å². The van der Waals surface area contributed by atoms with Crippen molar-refractivity contribution in [2.45, 2.75) is 6.18 Å². The number of alkyl halides is 3. The van der Waals surface area contributed by atoms with E-state index in [1.54, 1.807) is 18.2 Å². The van der Waals surface area contributed by atoms with Crippen molar-refractivity contribution in [3.05, 3.63) is 229 Å². The number of rotatable bonds is 7. The molecular formula is C61H35F3N6. The molecule has 0 unspecified atom stereocenters. The van der Waals surface area contributed by atoms with Gasteiger partial charge in [0.2, 0.25) is 0 Å².